The van der Waals surface area contributed by atoms with Crippen LogP contribution >= 0.6 is 11.6 Å². The van der Waals surface area contributed by atoms with Crippen LogP contribution in [0.2, 0.25) is 5.15 Å². The number of halogens is 2. The number of benzene rings is 2. The molecule has 1 N–H and O–H groups in total. The number of rotatable bonds is 5. The number of hydrogen-bond acceptors (Lipinski definition) is 6. The molecule has 1 aliphatic rings. The van der Waals surface area contributed by atoms with Crippen LogP contribution in [0.15, 0.2) is 55.0 Å². The van der Waals surface area contributed by atoms with E-state index in [-0.39, 0.29) is 17.5 Å². The van der Waals surface area contributed by atoms with Crippen LogP contribution < -0.4 is 10.1 Å². The summed E-state index contributed by atoms with van der Waals surface area (Å²) in [4.78, 5) is 21.0. The molecular formula is C23H20ClFN6O2. The number of nitrogens with zero attached hydrogens (tertiary/aromatic N) is 5. The summed E-state index contributed by atoms with van der Waals surface area (Å²) in [5.74, 6) is 1.22. The third-order valence-corrected chi connectivity index (χ3v) is 5.78. The molecule has 0 spiro atoms. The molecule has 0 amide bonds. The zero-order chi connectivity index (χ0) is 22.9. The van der Waals surface area contributed by atoms with E-state index in [2.05, 4.69) is 20.4 Å². The lowest BCUT2D eigenvalue weighted by Crippen LogP contribution is -2.09. The highest BCUT2D eigenvalue weighted by atomic mass is 35.5. The van der Waals surface area contributed by atoms with Gasteiger partial charge in [0.15, 0.2) is 0 Å². The van der Waals surface area contributed by atoms with Crippen LogP contribution in [0, 0.1) is 5.82 Å². The quantitative estimate of drug-likeness (QED) is 0.466. The SMILES string of the molecule is COc1cc(Nc2nc3n(n2)CCC(=O)C[C@@H]3c2ccc(F)cc2)ccc1-n1cnc(Cl)c1. The van der Waals surface area contributed by atoms with Crippen molar-refractivity contribution in [2.45, 2.75) is 25.3 Å². The number of ether oxygens (including phenoxy) is 1. The van der Waals surface area contributed by atoms with Gasteiger partial charge in [-0.1, -0.05) is 23.7 Å². The maximum absolute atomic E-state index is 13.4. The van der Waals surface area contributed by atoms with E-state index in [1.807, 2.05) is 18.2 Å². The Morgan fingerprint density at radius 1 is 1.21 bits per heavy atom. The van der Waals surface area contributed by atoms with Crippen LogP contribution in [0.4, 0.5) is 16.0 Å². The fourth-order valence-electron chi connectivity index (χ4n) is 3.97. The summed E-state index contributed by atoms with van der Waals surface area (Å²) < 4.78 is 22.5. The van der Waals surface area contributed by atoms with Crippen molar-refractivity contribution in [1.29, 1.82) is 0 Å². The Kier molecular flexibility index (Phi) is 5.55. The van der Waals surface area contributed by atoms with E-state index in [9.17, 15) is 9.18 Å². The predicted octanol–water partition coefficient (Wildman–Crippen LogP) is 4.50. The molecule has 0 unspecified atom stereocenters. The largest absolute Gasteiger partial charge is 0.494 e. The Balaban J connectivity index is 1.45. The number of Topliss-reactive ketones (excluding diaryl/α,β-unsaturated/α-hetero) is 1. The molecule has 1 aliphatic heterocycles. The first-order valence-electron chi connectivity index (χ1n) is 10.4. The van der Waals surface area contributed by atoms with Gasteiger partial charge in [0.25, 0.3) is 0 Å². The lowest BCUT2D eigenvalue weighted by atomic mass is 9.93. The van der Waals surface area contributed by atoms with E-state index in [0.29, 0.717) is 42.1 Å². The number of anilines is 2. The third kappa shape index (κ3) is 4.31. The van der Waals surface area contributed by atoms with Crippen LogP contribution in [0.5, 0.6) is 5.75 Å². The normalized spacial score (nSPS) is 15.7. The molecule has 4 aromatic rings. The number of ketones is 1. The molecule has 5 rings (SSSR count). The van der Waals surface area contributed by atoms with Crippen molar-refractivity contribution in [3.63, 3.8) is 0 Å². The van der Waals surface area contributed by atoms with E-state index >= 15 is 0 Å². The van der Waals surface area contributed by atoms with Crippen molar-refractivity contribution >= 4 is 29.0 Å². The molecule has 0 saturated carbocycles. The second kappa shape index (κ2) is 8.67. The summed E-state index contributed by atoms with van der Waals surface area (Å²) >= 11 is 5.93. The molecule has 0 bridgehead atoms. The zero-order valence-corrected chi connectivity index (χ0v) is 18.5. The van der Waals surface area contributed by atoms with E-state index in [1.54, 1.807) is 41.0 Å². The van der Waals surface area contributed by atoms with Gasteiger partial charge < -0.3 is 14.6 Å². The maximum Gasteiger partial charge on any atom is 0.246 e. The minimum absolute atomic E-state index is 0.131. The highest BCUT2D eigenvalue weighted by molar-refractivity contribution is 6.29. The van der Waals surface area contributed by atoms with Gasteiger partial charge in [-0.3, -0.25) is 4.79 Å². The summed E-state index contributed by atoms with van der Waals surface area (Å²) in [6.45, 7) is 0.449. The highest BCUT2D eigenvalue weighted by Crippen LogP contribution is 2.32. The Bertz CT molecular complexity index is 1320. The van der Waals surface area contributed by atoms with Gasteiger partial charge in [0.1, 0.15) is 34.7 Å². The molecule has 0 aliphatic carbocycles. The monoisotopic (exact) mass is 466 g/mol. The van der Waals surface area contributed by atoms with Crippen molar-refractivity contribution in [3.05, 3.63) is 77.3 Å². The Labute approximate surface area is 194 Å². The van der Waals surface area contributed by atoms with Crippen molar-refractivity contribution in [2.24, 2.45) is 0 Å². The van der Waals surface area contributed by atoms with Crippen molar-refractivity contribution in [3.8, 4) is 11.4 Å². The molecule has 33 heavy (non-hydrogen) atoms. The first-order valence-corrected chi connectivity index (χ1v) is 10.7. The van der Waals surface area contributed by atoms with E-state index in [0.717, 1.165) is 16.9 Å². The first kappa shape index (κ1) is 21.1. The fraction of sp³-hybridized carbons (Fsp3) is 0.217. The molecule has 168 valence electrons. The standard InChI is InChI=1S/C23H20ClFN6O2/c1-33-20-10-16(6-7-19(20)30-12-21(24)26-13-30)27-23-28-22-18(14-2-4-15(25)5-3-14)11-17(32)8-9-31(22)29-23/h2-7,10,12-13,18H,8-9,11H2,1H3,(H,27,29)/t18-/m1/s1. The number of carbonyl (C=O) groups excluding carboxylic acids is 1. The van der Waals surface area contributed by atoms with Crippen molar-refractivity contribution in [1.82, 2.24) is 24.3 Å². The van der Waals surface area contributed by atoms with Gasteiger partial charge in [-0.2, -0.15) is 4.98 Å². The van der Waals surface area contributed by atoms with E-state index in [4.69, 9.17) is 16.3 Å². The molecule has 2 aromatic heterocycles. The van der Waals surface area contributed by atoms with Gasteiger partial charge in [-0.05, 0) is 29.8 Å². The number of nitrogens with one attached hydrogen (secondary N) is 1. The topological polar surface area (TPSA) is 86.9 Å². The molecule has 0 radical (unpaired) electrons. The minimum Gasteiger partial charge on any atom is -0.494 e. The third-order valence-electron chi connectivity index (χ3n) is 5.58. The summed E-state index contributed by atoms with van der Waals surface area (Å²) in [6, 6.07) is 11.8. The Hall–Kier alpha value is -3.72. The van der Waals surface area contributed by atoms with Gasteiger partial charge in [0.2, 0.25) is 5.95 Å². The molecule has 2 aromatic carbocycles. The molecule has 1 atom stereocenters. The Morgan fingerprint density at radius 3 is 2.76 bits per heavy atom. The summed E-state index contributed by atoms with van der Waals surface area (Å²) in [5.41, 5.74) is 2.35. The smallest absolute Gasteiger partial charge is 0.246 e. The maximum atomic E-state index is 13.4. The number of fused-ring (bicyclic) bond motifs is 1. The summed E-state index contributed by atoms with van der Waals surface area (Å²) in [6.07, 6.45) is 3.98. The number of methoxy groups -OCH3 is 1. The molecule has 8 nitrogen and oxygen atoms in total. The molecular weight excluding hydrogens is 447 g/mol. The van der Waals surface area contributed by atoms with Gasteiger partial charge in [0, 0.05) is 37.3 Å². The minimum atomic E-state index is -0.321. The molecule has 0 fully saturated rings. The Morgan fingerprint density at radius 2 is 2.03 bits per heavy atom. The first-order chi connectivity index (χ1) is 16.0. The number of aryl methyl sites for hydroxylation is 1. The van der Waals surface area contributed by atoms with Crippen molar-refractivity contribution in [2.75, 3.05) is 12.4 Å². The lowest BCUT2D eigenvalue weighted by molar-refractivity contribution is -0.119. The second-order valence-electron chi connectivity index (χ2n) is 7.73. The van der Waals surface area contributed by atoms with Crippen LogP contribution in [0.1, 0.15) is 30.1 Å². The molecule has 3 heterocycles. The zero-order valence-electron chi connectivity index (χ0n) is 17.7. The number of hydrogen-bond donors (Lipinski definition) is 1. The van der Waals surface area contributed by atoms with E-state index < -0.39 is 0 Å². The average Bonchev–Trinajstić information content (AvgIpc) is 3.39. The van der Waals surface area contributed by atoms with Crippen molar-refractivity contribution < 1.29 is 13.9 Å². The van der Waals surface area contributed by atoms with Gasteiger partial charge in [0.05, 0.1) is 18.7 Å². The predicted molar refractivity (Wildman–Crippen MR) is 121 cm³/mol. The molecule has 10 heteroatoms. The van der Waals surface area contributed by atoms with Gasteiger partial charge in [-0.15, -0.1) is 5.10 Å². The van der Waals surface area contributed by atoms with Gasteiger partial charge in [-0.25, -0.2) is 14.1 Å². The highest BCUT2D eigenvalue weighted by Gasteiger charge is 2.28. The number of carbonyl (C=O) groups is 1. The van der Waals surface area contributed by atoms with Crippen LogP contribution in [-0.2, 0) is 11.3 Å². The van der Waals surface area contributed by atoms with E-state index in [1.165, 1.54) is 12.1 Å². The summed E-state index contributed by atoms with van der Waals surface area (Å²) in [7, 11) is 1.59. The molecule has 0 saturated heterocycles. The van der Waals surface area contributed by atoms with Gasteiger partial charge >= 0.3 is 0 Å². The average molecular weight is 467 g/mol. The second-order valence-corrected chi connectivity index (χ2v) is 8.12. The van der Waals surface area contributed by atoms with Crippen LogP contribution in [-0.4, -0.2) is 37.2 Å². The summed E-state index contributed by atoms with van der Waals surface area (Å²) in [5, 5.41) is 8.17. The lowest BCUT2D eigenvalue weighted by Gasteiger charge is -2.13. The number of imidazole rings is 1. The fourth-order valence-corrected chi connectivity index (χ4v) is 4.12. The van der Waals surface area contributed by atoms with Crippen LogP contribution in [0.3, 0.4) is 0 Å². The van der Waals surface area contributed by atoms with Crippen LogP contribution in [0.25, 0.3) is 5.69 Å². The number of aromatic nitrogens is 5.